The Labute approximate surface area is 135 Å². The van der Waals surface area contributed by atoms with Crippen molar-refractivity contribution in [2.75, 3.05) is 13.2 Å². The molecule has 1 fully saturated rings. The van der Waals surface area contributed by atoms with Gasteiger partial charge in [-0.05, 0) is 12.0 Å². The molecule has 126 valence electrons. The molecule has 1 saturated heterocycles. The molecule has 2 rings (SSSR count). The third kappa shape index (κ3) is 4.66. The maximum Gasteiger partial charge on any atom is 0.326 e. The monoisotopic (exact) mass is 322 g/mol. The summed E-state index contributed by atoms with van der Waals surface area (Å²) in [4.78, 5) is 27.7. The minimum absolute atomic E-state index is 0.0623. The number of aromatic nitrogens is 1. The molecular weight excluding hydrogens is 300 g/mol. The second kappa shape index (κ2) is 7.92. The van der Waals surface area contributed by atoms with Crippen LogP contribution in [0.1, 0.15) is 37.0 Å². The SMILES string of the molecule is CCC(C)C(NC(=O)c1ccnc(OC2CCOC2)c1)C(=O)O. The predicted octanol–water partition coefficient (Wildman–Crippen LogP) is 1.48. The second-order valence-corrected chi connectivity index (χ2v) is 5.66. The van der Waals surface area contributed by atoms with E-state index >= 15 is 0 Å². The zero-order chi connectivity index (χ0) is 16.8. The summed E-state index contributed by atoms with van der Waals surface area (Å²) in [6.07, 6.45) is 2.85. The lowest BCUT2D eigenvalue weighted by Crippen LogP contribution is -2.45. The molecule has 2 N–H and O–H groups in total. The Kier molecular flexibility index (Phi) is 5.92. The van der Waals surface area contributed by atoms with Crippen LogP contribution in [0.5, 0.6) is 5.88 Å². The van der Waals surface area contributed by atoms with Crippen molar-refractivity contribution in [3.05, 3.63) is 23.9 Å². The Morgan fingerprint density at radius 1 is 1.57 bits per heavy atom. The maximum absolute atomic E-state index is 12.3. The number of carboxylic acid groups (broad SMARTS) is 1. The van der Waals surface area contributed by atoms with E-state index in [0.717, 1.165) is 6.42 Å². The Morgan fingerprint density at radius 2 is 2.35 bits per heavy atom. The number of amides is 1. The molecule has 0 bridgehead atoms. The molecule has 0 saturated carbocycles. The summed E-state index contributed by atoms with van der Waals surface area (Å²) in [5, 5.41) is 11.8. The highest BCUT2D eigenvalue weighted by atomic mass is 16.5. The highest BCUT2D eigenvalue weighted by Gasteiger charge is 2.26. The van der Waals surface area contributed by atoms with Gasteiger partial charge in [0.1, 0.15) is 12.1 Å². The number of carbonyl (C=O) groups is 2. The van der Waals surface area contributed by atoms with Gasteiger partial charge in [-0.1, -0.05) is 20.3 Å². The number of ether oxygens (including phenoxy) is 2. The summed E-state index contributed by atoms with van der Waals surface area (Å²) >= 11 is 0. The lowest BCUT2D eigenvalue weighted by molar-refractivity contribution is -0.140. The lowest BCUT2D eigenvalue weighted by Gasteiger charge is -2.20. The highest BCUT2D eigenvalue weighted by Crippen LogP contribution is 2.16. The largest absolute Gasteiger partial charge is 0.480 e. The van der Waals surface area contributed by atoms with Gasteiger partial charge in [-0.25, -0.2) is 9.78 Å². The summed E-state index contributed by atoms with van der Waals surface area (Å²) in [5.41, 5.74) is 0.323. The molecule has 0 aliphatic carbocycles. The fraction of sp³-hybridized carbons (Fsp3) is 0.562. The number of rotatable bonds is 7. The van der Waals surface area contributed by atoms with Gasteiger partial charge in [0, 0.05) is 24.2 Å². The van der Waals surface area contributed by atoms with Crippen LogP contribution >= 0.6 is 0 Å². The predicted molar refractivity (Wildman–Crippen MR) is 82.4 cm³/mol. The van der Waals surface area contributed by atoms with Crippen molar-refractivity contribution in [2.24, 2.45) is 5.92 Å². The van der Waals surface area contributed by atoms with Crippen molar-refractivity contribution < 1.29 is 24.2 Å². The van der Waals surface area contributed by atoms with Gasteiger partial charge < -0.3 is 19.9 Å². The summed E-state index contributed by atoms with van der Waals surface area (Å²) in [7, 11) is 0. The number of carbonyl (C=O) groups excluding carboxylic acids is 1. The number of nitrogens with one attached hydrogen (secondary N) is 1. The molecule has 1 amide bonds. The van der Waals surface area contributed by atoms with E-state index < -0.39 is 17.9 Å². The zero-order valence-electron chi connectivity index (χ0n) is 13.3. The average Bonchev–Trinajstić information content (AvgIpc) is 3.04. The van der Waals surface area contributed by atoms with E-state index in [4.69, 9.17) is 9.47 Å². The topological polar surface area (TPSA) is 97.8 Å². The first kappa shape index (κ1) is 17.2. The first-order valence-corrected chi connectivity index (χ1v) is 7.75. The van der Waals surface area contributed by atoms with Crippen LogP contribution in [-0.4, -0.2) is 47.3 Å². The number of carboxylic acids is 1. The van der Waals surface area contributed by atoms with Gasteiger partial charge in [-0.2, -0.15) is 0 Å². The molecule has 7 nitrogen and oxygen atoms in total. The third-order valence-corrected chi connectivity index (χ3v) is 3.94. The first-order valence-electron chi connectivity index (χ1n) is 7.75. The first-order chi connectivity index (χ1) is 11.0. The van der Waals surface area contributed by atoms with Crippen molar-refractivity contribution in [1.82, 2.24) is 10.3 Å². The Bertz CT molecular complexity index is 557. The Hall–Kier alpha value is -2.15. The minimum atomic E-state index is -1.04. The Balaban J connectivity index is 2.04. The maximum atomic E-state index is 12.3. The van der Waals surface area contributed by atoms with E-state index in [9.17, 15) is 14.7 Å². The molecule has 0 spiro atoms. The minimum Gasteiger partial charge on any atom is -0.480 e. The van der Waals surface area contributed by atoms with Crippen LogP contribution in [0.2, 0.25) is 0 Å². The summed E-state index contributed by atoms with van der Waals surface area (Å²) in [6, 6.07) is 2.12. The zero-order valence-corrected chi connectivity index (χ0v) is 13.3. The fourth-order valence-corrected chi connectivity index (χ4v) is 2.30. The second-order valence-electron chi connectivity index (χ2n) is 5.66. The van der Waals surface area contributed by atoms with Crippen LogP contribution in [0, 0.1) is 5.92 Å². The third-order valence-electron chi connectivity index (χ3n) is 3.94. The van der Waals surface area contributed by atoms with Gasteiger partial charge in [0.15, 0.2) is 0 Å². The summed E-state index contributed by atoms with van der Waals surface area (Å²) in [6.45, 7) is 4.84. The number of hydrogen-bond donors (Lipinski definition) is 2. The molecule has 1 aromatic rings. The van der Waals surface area contributed by atoms with Gasteiger partial charge in [-0.15, -0.1) is 0 Å². The molecule has 3 unspecified atom stereocenters. The van der Waals surface area contributed by atoms with Crippen molar-refractivity contribution >= 4 is 11.9 Å². The fourth-order valence-electron chi connectivity index (χ4n) is 2.30. The summed E-state index contributed by atoms with van der Waals surface area (Å²) in [5.74, 6) is -1.32. The van der Waals surface area contributed by atoms with Crippen LogP contribution in [0.3, 0.4) is 0 Å². The number of aliphatic carboxylic acids is 1. The molecule has 0 aromatic carbocycles. The van der Waals surface area contributed by atoms with Crippen molar-refractivity contribution in [3.63, 3.8) is 0 Å². The van der Waals surface area contributed by atoms with Gasteiger partial charge in [0.2, 0.25) is 5.88 Å². The molecule has 2 heterocycles. The molecule has 1 aliphatic heterocycles. The average molecular weight is 322 g/mol. The van der Waals surface area contributed by atoms with E-state index in [2.05, 4.69) is 10.3 Å². The highest BCUT2D eigenvalue weighted by molar-refractivity contribution is 5.96. The van der Waals surface area contributed by atoms with E-state index in [1.165, 1.54) is 18.3 Å². The quantitative estimate of drug-likeness (QED) is 0.789. The van der Waals surface area contributed by atoms with Crippen molar-refractivity contribution in [3.8, 4) is 5.88 Å². The molecular formula is C16H22N2O5. The van der Waals surface area contributed by atoms with E-state index in [0.29, 0.717) is 31.1 Å². The molecule has 23 heavy (non-hydrogen) atoms. The van der Waals surface area contributed by atoms with Crippen LogP contribution in [0.25, 0.3) is 0 Å². The van der Waals surface area contributed by atoms with Crippen LogP contribution in [-0.2, 0) is 9.53 Å². The van der Waals surface area contributed by atoms with Crippen LogP contribution in [0.4, 0.5) is 0 Å². The Morgan fingerprint density at radius 3 is 2.96 bits per heavy atom. The molecule has 3 atom stereocenters. The van der Waals surface area contributed by atoms with E-state index in [1.807, 2.05) is 6.92 Å². The summed E-state index contributed by atoms with van der Waals surface area (Å²) < 4.78 is 10.9. The van der Waals surface area contributed by atoms with Crippen molar-refractivity contribution in [1.29, 1.82) is 0 Å². The number of hydrogen-bond acceptors (Lipinski definition) is 5. The molecule has 0 radical (unpaired) electrons. The van der Waals surface area contributed by atoms with Gasteiger partial charge in [0.05, 0.1) is 13.2 Å². The standard InChI is InChI=1S/C16H22N2O5/c1-3-10(2)14(16(20)21)18-15(19)11-4-6-17-13(8-11)23-12-5-7-22-9-12/h4,6,8,10,12,14H,3,5,7,9H2,1-2H3,(H,18,19)(H,20,21). The number of nitrogens with zero attached hydrogens (tertiary/aromatic N) is 1. The van der Waals surface area contributed by atoms with E-state index in [-0.39, 0.29) is 12.0 Å². The molecule has 1 aliphatic rings. The van der Waals surface area contributed by atoms with Gasteiger partial charge in [-0.3, -0.25) is 4.79 Å². The normalized spacial score (nSPS) is 19.8. The smallest absolute Gasteiger partial charge is 0.326 e. The molecule has 1 aromatic heterocycles. The number of pyridine rings is 1. The van der Waals surface area contributed by atoms with Crippen LogP contribution < -0.4 is 10.1 Å². The van der Waals surface area contributed by atoms with E-state index in [1.54, 1.807) is 6.92 Å². The lowest BCUT2D eigenvalue weighted by atomic mass is 9.99. The van der Waals surface area contributed by atoms with Crippen molar-refractivity contribution in [2.45, 2.75) is 38.8 Å². The van der Waals surface area contributed by atoms with Gasteiger partial charge in [0.25, 0.3) is 5.91 Å². The van der Waals surface area contributed by atoms with Gasteiger partial charge >= 0.3 is 5.97 Å². The van der Waals surface area contributed by atoms with Crippen LogP contribution in [0.15, 0.2) is 18.3 Å². The molecule has 7 heteroatoms.